The van der Waals surface area contributed by atoms with E-state index >= 15 is 0 Å². The fourth-order valence-electron chi connectivity index (χ4n) is 4.15. The first kappa shape index (κ1) is 36.5. The van der Waals surface area contributed by atoms with Crippen LogP contribution in [0.3, 0.4) is 0 Å². The van der Waals surface area contributed by atoms with Crippen molar-refractivity contribution in [3.63, 3.8) is 0 Å². The molecule has 222 valence electrons. The van der Waals surface area contributed by atoms with E-state index in [1.807, 2.05) is 50.5 Å². The Morgan fingerprint density at radius 3 is 1.76 bits per heavy atom. The van der Waals surface area contributed by atoms with E-state index in [1.165, 1.54) is 23.1 Å². The van der Waals surface area contributed by atoms with Gasteiger partial charge >= 0.3 is 0 Å². The molecule has 0 saturated carbocycles. The first-order valence-electron chi connectivity index (χ1n) is 11.4. The van der Waals surface area contributed by atoms with Crippen LogP contribution in [0.5, 0.6) is 0 Å². The van der Waals surface area contributed by atoms with Crippen LogP contribution in [0.1, 0.15) is 31.5 Å². The Kier molecular flexibility index (Phi) is 13.7. The van der Waals surface area contributed by atoms with Crippen LogP contribution in [-0.2, 0) is 20.4 Å². The fraction of sp³-hybridized carbons (Fsp3) is 0.167. The molecule has 0 amide bonds. The zero-order chi connectivity index (χ0) is 26.7. The molecule has 10 nitrogen and oxygen atoms in total. The number of nitro benzene ring substituents is 2. The van der Waals surface area contributed by atoms with E-state index < -0.39 is 4.92 Å². The quantitative estimate of drug-likeness (QED) is 0.0484. The van der Waals surface area contributed by atoms with Crippen LogP contribution in [0.4, 0.5) is 17.1 Å². The smallest absolute Gasteiger partial charge is 0.279 e. The van der Waals surface area contributed by atoms with Gasteiger partial charge in [0.1, 0.15) is 0 Å². The summed E-state index contributed by atoms with van der Waals surface area (Å²) < 4.78 is 0. The number of nitro groups is 2. The standard InChI is InChI=1S/2C9H8N2O2.C9H10N2.2CH4.CH3.Pd/c1-6-5-10-9-4-7(11(12)13)2-3-8(6)9;1-6-5-10-7-3-2-4-8(9(6)7)11(12)13;1-6-5-11-9-4-7(10)2-3-8(6)9;;;;/h2*2-5,10H,1H3;2-5,11H,10H2,1H3;2*1H4;1H3;/q;;;;;-1;. The van der Waals surface area contributed by atoms with E-state index in [2.05, 4.69) is 21.9 Å². The first-order valence-corrected chi connectivity index (χ1v) is 11.4. The van der Waals surface area contributed by atoms with Crippen LogP contribution in [0.15, 0.2) is 73.2 Å². The zero-order valence-electron chi connectivity index (χ0n) is 21.8. The SMILES string of the molecule is C.C.Cc1c[nH]c2cc(N)ccc12.Cc1c[nH]c2cc([N+](=O)[O-])ccc12.Cc1c[nH]c2cccc([N+](=O)[O-])c12.[CH3-].[Pd]. The van der Waals surface area contributed by atoms with Gasteiger partial charge in [-0.2, -0.15) is 0 Å². The molecule has 6 aromatic rings. The van der Waals surface area contributed by atoms with E-state index in [1.54, 1.807) is 24.4 Å². The Morgan fingerprint density at radius 2 is 1.20 bits per heavy atom. The summed E-state index contributed by atoms with van der Waals surface area (Å²) in [5.41, 5.74) is 12.7. The normalized spacial score (nSPS) is 9.54. The number of rotatable bonds is 2. The predicted octanol–water partition coefficient (Wildman–Crippen LogP) is 8.55. The van der Waals surface area contributed by atoms with E-state index in [0.717, 1.165) is 38.8 Å². The second-order valence-electron chi connectivity index (χ2n) is 8.66. The molecule has 0 bridgehead atoms. The Balaban J connectivity index is 0.000000560. The average Bonchev–Trinajstić information content (AvgIpc) is 3.56. The average molecular weight is 652 g/mol. The number of hydrogen-bond acceptors (Lipinski definition) is 5. The van der Waals surface area contributed by atoms with Crippen molar-refractivity contribution in [2.75, 3.05) is 5.73 Å². The van der Waals surface area contributed by atoms with Gasteiger partial charge in [0.05, 0.1) is 26.3 Å². The van der Waals surface area contributed by atoms with Crippen molar-refractivity contribution in [2.24, 2.45) is 0 Å². The topological polar surface area (TPSA) is 160 Å². The van der Waals surface area contributed by atoms with E-state index in [4.69, 9.17) is 5.73 Å². The number of fused-ring (bicyclic) bond motifs is 3. The van der Waals surface area contributed by atoms with Gasteiger partial charge in [-0.05, 0) is 61.7 Å². The second kappa shape index (κ2) is 15.4. The molecule has 3 aromatic heterocycles. The van der Waals surface area contributed by atoms with Gasteiger partial charge in [-0.1, -0.05) is 27.0 Å². The molecule has 3 heterocycles. The van der Waals surface area contributed by atoms with Gasteiger partial charge in [0.2, 0.25) is 0 Å². The predicted molar refractivity (Wildman–Crippen MR) is 167 cm³/mol. The number of nitrogens with two attached hydrogens (primary N) is 1. The van der Waals surface area contributed by atoms with Gasteiger partial charge in [0.15, 0.2) is 0 Å². The molecule has 0 aliphatic heterocycles. The van der Waals surface area contributed by atoms with Crippen molar-refractivity contribution >= 4 is 49.8 Å². The van der Waals surface area contributed by atoms with Gasteiger partial charge in [-0.3, -0.25) is 20.2 Å². The maximum Gasteiger partial charge on any atom is 0.279 e. The summed E-state index contributed by atoms with van der Waals surface area (Å²) in [5.74, 6) is 0. The van der Waals surface area contributed by atoms with Crippen LogP contribution >= 0.6 is 0 Å². The Bertz CT molecular complexity index is 1750. The number of nitrogens with one attached hydrogen (secondary N) is 3. The monoisotopic (exact) mass is 651 g/mol. The molecular formula is C30H37N6O4Pd-. The van der Waals surface area contributed by atoms with Gasteiger partial charge < -0.3 is 28.1 Å². The van der Waals surface area contributed by atoms with Gasteiger partial charge in [-0.15, -0.1) is 0 Å². The third-order valence-electron chi connectivity index (χ3n) is 6.07. The van der Waals surface area contributed by atoms with Crippen LogP contribution in [0, 0.1) is 48.4 Å². The number of nitrogen functional groups attached to an aromatic ring is 1. The first-order chi connectivity index (χ1) is 17.7. The second-order valence-corrected chi connectivity index (χ2v) is 8.66. The summed E-state index contributed by atoms with van der Waals surface area (Å²) in [4.78, 5) is 29.5. The van der Waals surface area contributed by atoms with Crippen molar-refractivity contribution in [1.82, 2.24) is 15.0 Å². The molecule has 11 heteroatoms. The largest absolute Gasteiger partial charge is 0.399 e. The Labute approximate surface area is 253 Å². The fourth-order valence-corrected chi connectivity index (χ4v) is 4.15. The molecule has 3 aromatic carbocycles. The van der Waals surface area contributed by atoms with Crippen LogP contribution in [0.2, 0.25) is 0 Å². The third-order valence-corrected chi connectivity index (χ3v) is 6.07. The molecule has 41 heavy (non-hydrogen) atoms. The number of benzene rings is 3. The molecule has 0 unspecified atom stereocenters. The van der Waals surface area contributed by atoms with Gasteiger partial charge in [0, 0.05) is 79.2 Å². The van der Waals surface area contributed by atoms with E-state index in [9.17, 15) is 20.2 Å². The number of H-pyrrole nitrogens is 3. The van der Waals surface area contributed by atoms with Crippen molar-refractivity contribution in [3.8, 4) is 0 Å². The summed E-state index contributed by atoms with van der Waals surface area (Å²) >= 11 is 0. The Morgan fingerprint density at radius 1 is 0.683 bits per heavy atom. The number of aromatic amines is 3. The molecular weight excluding hydrogens is 615 g/mol. The molecule has 0 aliphatic carbocycles. The molecule has 0 radical (unpaired) electrons. The minimum absolute atomic E-state index is 0. The number of aromatic nitrogens is 3. The molecule has 0 aliphatic rings. The van der Waals surface area contributed by atoms with Crippen LogP contribution in [-0.4, -0.2) is 24.8 Å². The summed E-state index contributed by atoms with van der Waals surface area (Å²) in [6, 6.07) is 15.8. The minimum Gasteiger partial charge on any atom is -0.399 e. The van der Waals surface area contributed by atoms with Crippen molar-refractivity contribution in [3.05, 3.63) is 118 Å². The molecule has 0 saturated heterocycles. The number of non-ortho nitro benzene ring substituents is 2. The zero-order valence-corrected chi connectivity index (χ0v) is 23.4. The van der Waals surface area contributed by atoms with Crippen LogP contribution in [0.25, 0.3) is 32.7 Å². The molecule has 0 atom stereocenters. The van der Waals surface area contributed by atoms with Crippen molar-refractivity contribution in [1.29, 1.82) is 0 Å². The van der Waals surface area contributed by atoms with Crippen molar-refractivity contribution in [2.45, 2.75) is 35.6 Å². The maximum absolute atomic E-state index is 10.7. The third kappa shape index (κ3) is 8.04. The van der Waals surface area contributed by atoms with E-state index in [0.29, 0.717) is 5.39 Å². The number of anilines is 1. The Hall–Kier alpha value is -4.46. The molecule has 6 rings (SSSR count). The number of nitrogens with zero attached hydrogens (tertiary/aromatic N) is 2. The molecule has 0 fully saturated rings. The number of aryl methyl sites for hydroxylation is 3. The summed E-state index contributed by atoms with van der Waals surface area (Å²) in [6.07, 6.45) is 5.61. The molecule has 5 N–H and O–H groups in total. The minimum atomic E-state index is -0.393. The van der Waals surface area contributed by atoms with Gasteiger partial charge in [0.25, 0.3) is 11.4 Å². The molecule has 0 spiro atoms. The maximum atomic E-state index is 10.7. The summed E-state index contributed by atoms with van der Waals surface area (Å²) in [6.45, 7) is 5.89. The van der Waals surface area contributed by atoms with Crippen LogP contribution < -0.4 is 5.73 Å². The number of hydrogen-bond donors (Lipinski definition) is 4. The summed E-state index contributed by atoms with van der Waals surface area (Å²) in [5, 5.41) is 24.1. The van der Waals surface area contributed by atoms with Gasteiger partial charge in [-0.25, -0.2) is 0 Å². The van der Waals surface area contributed by atoms with E-state index in [-0.39, 0.29) is 59.0 Å². The summed E-state index contributed by atoms with van der Waals surface area (Å²) in [7, 11) is 0. The van der Waals surface area contributed by atoms with Crippen molar-refractivity contribution < 1.29 is 30.3 Å².